The van der Waals surface area contributed by atoms with Crippen LogP contribution in [0.3, 0.4) is 0 Å². The van der Waals surface area contributed by atoms with Crippen LogP contribution in [0.2, 0.25) is 0 Å². The number of rotatable bonds is 6. The molecule has 26 heavy (non-hydrogen) atoms. The van der Waals surface area contributed by atoms with Crippen molar-refractivity contribution >= 4 is 17.0 Å². The molecule has 134 valence electrons. The van der Waals surface area contributed by atoms with Crippen LogP contribution in [0.25, 0.3) is 16.7 Å². The number of pyridine rings is 1. The molecule has 1 aliphatic carbocycles. The fraction of sp³-hybridized carbons (Fsp3) is 0.316. The summed E-state index contributed by atoms with van der Waals surface area (Å²) < 4.78 is 7.36. The van der Waals surface area contributed by atoms with Crippen LogP contribution >= 0.6 is 0 Å². The highest BCUT2D eigenvalue weighted by atomic mass is 16.5. The van der Waals surface area contributed by atoms with Crippen LogP contribution < -0.4 is 0 Å². The summed E-state index contributed by atoms with van der Waals surface area (Å²) in [6, 6.07) is 8.27. The number of aliphatic hydroxyl groups excluding tert-OH is 1. The predicted molar refractivity (Wildman–Crippen MR) is 94.4 cm³/mol. The molecule has 0 aliphatic heterocycles. The monoisotopic (exact) mass is 353 g/mol. The summed E-state index contributed by atoms with van der Waals surface area (Å²) in [5.74, 6) is -0.971. The Morgan fingerprint density at radius 2 is 2.04 bits per heavy atom. The van der Waals surface area contributed by atoms with E-state index in [0.717, 1.165) is 23.9 Å². The first kappa shape index (κ1) is 16.7. The van der Waals surface area contributed by atoms with Crippen molar-refractivity contribution < 1.29 is 19.7 Å². The first-order valence-electron chi connectivity index (χ1n) is 8.45. The van der Waals surface area contributed by atoms with Crippen LogP contribution in [-0.2, 0) is 4.74 Å². The van der Waals surface area contributed by atoms with Gasteiger partial charge in [0.05, 0.1) is 29.7 Å². The number of carboxylic acid groups (broad SMARTS) is 1. The van der Waals surface area contributed by atoms with E-state index in [2.05, 4.69) is 10.1 Å². The largest absolute Gasteiger partial charge is 0.478 e. The third-order valence-electron chi connectivity index (χ3n) is 4.72. The number of benzene rings is 1. The number of fused-ring (bicyclic) bond motifs is 1. The fourth-order valence-electron chi connectivity index (χ4n) is 2.75. The van der Waals surface area contributed by atoms with Crippen molar-refractivity contribution in [3.63, 3.8) is 0 Å². The molecule has 0 radical (unpaired) electrons. The summed E-state index contributed by atoms with van der Waals surface area (Å²) in [5, 5.41) is 24.4. The molecule has 0 spiro atoms. The number of aromatic nitrogens is 3. The Kier molecular flexibility index (Phi) is 3.97. The van der Waals surface area contributed by atoms with Gasteiger partial charge in [-0.3, -0.25) is 0 Å². The smallest absolute Gasteiger partial charge is 0.335 e. The Morgan fingerprint density at radius 3 is 2.69 bits per heavy atom. The first-order chi connectivity index (χ1) is 12.5. The number of nitrogens with zero attached hydrogens (tertiary/aromatic N) is 3. The predicted octanol–water partition coefficient (Wildman–Crippen LogP) is 2.72. The zero-order valence-corrected chi connectivity index (χ0v) is 14.3. The van der Waals surface area contributed by atoms with E-state index >= 15 is 0 Å². The van der Waals surface area contributed by atoms with E-state index in [1.165, 1.54) is 12.1 Å². The summed E-state index contributed by atoms with van der Waals surface area (Å²) in [4.78, 5) is 15.4. The molecule has 0 unspecified atom stereocenters. The highest BCUT2D eigenvalue weighted by Crippen LogP contribution is 2.39. The van der Waals surface area contributed by atoms with Gasteiger partial charge in [0.25, 0.3) is 0 Å². The molecule has 1 fully saturated rings. The Balaban J connectivity index is 1.57. The quantitative estimate of drug-likeness (QED) is 0.707. The number of carboxylic acids is 1. The van der Waals surface area contributed by atoms with Gasteiger partial charge in [0.15, 0.2) is 5.65 Å². The molecule has 7 heteroatoms. The van der Waals surface area contributed by atoms with E-state index in [4.69, 9.17) is 9.84 Å². The van der Waals surface area contributed by atoms with Gasteiger partial charge in [-0.05, 0) is 50.1 Å². The lowest BCUT2D eigenvalue weighted by atomic mass is 10.1. The molecule has 0 bridgehead atoms. The van der Waals surface area contributed by atoms with Crippen LogP contribution in [0.15, 0.2) is 42.7 Å². The SMILES string of the molecule is CC1(OC[C@@H](O)c2cnc3c(cnn3-c3ccc(C(=O)O)cc3)c2)CC1. The minimum absolute atomic E-state index is 0.0779. The van der Waals surface area contributed by atoms with E-state index in [1.807, 2.05) is 13.0 Å². The van der Waals surface area contributed by atoms with Gasteiger partial charge in [0.1, 0.15) is 6.10 Å². The molecule has 1 aliphatic rings. The van der Waals surface area contributed by atoms with Crippen molar-refractivity contribution in [2.24, 2.45) is 0 Å². The Morgan fingerprint density at radius 1 is 1.31 bits per heavy atom. The Hall–Kier alpha value is -2.77. The molecule has 7 nitrogen and oxygen atoms in total. The maximum Gasteiger partial charge on any atom is 0.335 e. The van der Waals surface area contributed by atoms with Gasteiger partial charge in [-0.2, -0.15) is 5.10 Å². The Labute approximate surface area is 149 Å². The number of carbonyl (C=O) groups is 1. The zero-order chi connectivity index (χ0) is 18.3. The number of hydrogen-bond donors (Lipinski definition) is 2. The molecule has 1 saturated carbocycles. The average molecular weight is 353 g/mol. The van der Waals surface area contributed by atoms with Crippen LogP contribution in [-0.4, -0.2) is 43.2 Å². The van der Waals surface area contributed by atoms with Crippen LogP contribution in [0, 0.1) is 0 Å². The van der Waals surface area contributed by atoms with Crippen molar-refractivity contribution in [1.29, 1.82) is 0 Å². The van der Waals surface area contributed by atoms with Crippen molar-refractivity contribution in [1.82, 2.24) is 14.8 Å². The lowest BCUT2D eigenvalue weighted by Gasteiger charge is -2.15. The van der Waals surface area contributed by atoms with Crippen molar-refractivity contribution in [3.8, 4) is 5.69 Å². The highest BCUT2D eigenvalue weighted by Gasteiger charge is 2.38. The van der Waals surface area contributed by atoms with Gasteiger partial charge in [0, 0.05) is 17.1 Å². The second-order valence-electron chi connectivity index (χ2n) is 6.87. The summed E-state index contributed by atoms with van der Waals surface area (Å²) in [6.07, 6.45) is 4.62. The topological polar surface area (TPSA) is 97.5 Å². The van der Waals surface area contributed by atoms with Crippen LogP contribution in [0.5, 0.6) is 0 Å². The van der Waals surface area contributed by atoms with Gasteiger partial charge < -0.3 is 14.9 Å². The van der Waals surface area contributed by atoms with E-state index in [1.54, 1.807) is 29.2 Å². The summed E-state index contributed by atoms with van der Waals surface area (Å²) in [5.41, 5.74) is 2.18. The second kappa shape index (κ2) is 6.19. The molecule has 1 atom stereocenters. The number of ether oxygens (including phenoxy) is 1. The molecule has 4 rings (SSSR count). The average Bonchev–Trinajstić information content (AvgIpc) is 3.23. The number of aromatic carboxylic acids is 1. The van der Waals surface area contributed by atoms with Gasteiger partial charge in [-0.1, -0.05) is 0 Å². The second-order valence-corrected chi connectivity index (χ2v) is 6.87. The van der Waals surface area contributed by atoms with Gasteiger partial charge in [-0.25, -0.2) is 14.5 Å². The minimum atomic E-state index is -0.971. The third kappa shape index (κ3) is 3.18. The molecule has 2 N–H and O–H groups in total. The van der Waals surface area contributed by atoms with E-state index in [-0.39, 0.29) is 17.8 Å². The van der Waals surface area contributed by atoms with Gasteiger partial charge >= 0.3 is 5.97 Å². The van der Waals surface area contributed by atoms with Crippen LogP contribution in [0.4, 0.5) is 0 Å². The maximum atomic E-state index is 11.0. The molecule has 0 amide bonds. The standard InChI is InChI=1S/C19H19N3O4/c1-19(6-7-19)26-11-16(23)13-8-14-10-21-22(17(14)20-9-13)15-4-2-12(3-5-15)18(24)25/h2-5,8-10,16,23H,6-7,11H2,1H3,(H,24,25)/t16-/m1/s1. The maximum absolute atomic E-state index is 11.0. The van der Waals surface area contributed by atoms with E-state index in [9.17, 15) is 9.90 Å². The Bertz CT molecular complexity index is 961. The number of hydrogen-bond acceptors (Lipinski definition) is 5. The third-order valence-corrected chi connectivity index (χ3v) is 4.72. The molecule has 0 saturated heterocycles. The van der Waals surface area contributed by atoms with E-state index in [0.29, 0.717) is 11.2 Å². The summed E-state index contributed by atoms with van der Waals surface area (Å²) in [6.45, 7) is 2.29. The van der Waals surface area contributed by atoms with Gasteiger partial charge in [0.2, 0.25) is 0 Å². The fourth-order valence-corrected chi connectivity index (χ4v) is 2.75. The molecular formula is C19H19N3O4. The molecule has 1 aromatic carbocycles. The van der Waals surface area contributed by atoms with Crippen molar-refractivity contribution in [3.05, 3.63) is 53.9 Å². The molecular weight excluding hydrogens is 334 g/mol. The lowest BCUT2D eigenvalue weighted by molar-refractivity contribution is -0.0160. The molecule has 2 heterocycles. The summed E-state index contributed by atoms with van der Waals surface area (Å²) in [7, 11) is 0. The molecule has 2 aromatic heterocycles. The van der Waals surface area contributed by atoms with Gasteiger partial charge in [-0.15, -0.1) is 0 Å². The van der Waals surface area contributed by atoms with E-state index < -0.39 is 12.1 Å². The summed E-state index contributed by atoms with van der Waals surface area (Å²) >= 11 is 0. The highest BCUT2D eigenvalue weighted by molar-refractivity contribution is 5.87. The van der Waals surface area contributed by atoms with Crippen molar-refractivity contribution in [2.75, 3.05) is 6.61 Å². The zero-order valence-electron chi connectivity index (χ0n) is 14.3. The van der Waals surface area contributed by atoms with Crippen LogP contribution in [0.1, 0.15) is 41.8 Å². The first-order valence-corrected chi connectivity index (χ1v) is 8.45. The lowest BCUT2D eigenvalue weighted by Crippen LogP contribution is -2.15. The molecule has 3 aromatic rings. The minimum Gasteiger partial charge on any atom is -0.478 e. The normalized spacial score (nSPS) is 16.5. The van der Waals surface area contributed by atoms with Crippen molar-refractivity contribution in [2.45, 2.75) is 31.5 Å². The number of aliphatic hydroxyl groups is 1.